The lowest BCUT2D eigenvalue weighted by Crippen LogP contribution is -2.50. The van der Waals surface area contributed by atoms with Crippen molar-refractivity contribution in [2.24, 2.45) is 10.7 Å². The number of hydrogen-bond acceptors (Lipinski definition) is 8. The number of hydrogen-bond donors (Lipinski definition) is 1. The van der Waals surface area contributed by atoms with E-state index < -0.39 is 21.1 Å². The Morgan fingerprint density at radius 3 is 2.82 bits per heavy atom. The molecule has 28 heavy (non-hydrogen) atoms. The lowest BCUT2D eigenvalue weighted by molar-refractivity contribution is 0.481. The SMILES string of the molecule is C=S1(=O)C[C@@](C)(c2cc(-c3nnc(-c4nccs4)o3)ccc2F)N=C(N)N1C. The topological polar surface area (TPSA) is 110 Å². The van der Waals surface area contributed by atoms with Crippen molar-refractivity contribution in [3.8, 4) is 22.4 Å². The normalized spacial score (nSPS) is 25.0. The molecule has 1 aromatic carbocycles. The second-order valence-corrected chi connectivity index (χ2v) is 9.88. The van der Waals surface area contributed by atoms with Gasteiger partial charge < -0.3 is 10.2 Å². The fourth-order valence-corrected chi connectivity index (χ4v) is 5.26. The van der Waals surface area contributed by atoms with Gasteiger partial charge in [-0.3, -0.25) is 4.31 Å². The predicted molar refractivity (Wildman–Crippen MR) is 108 cm³/mol. The quantitative estimate of drug-likeness (QED) is 0.650. The van der Waals surface area contributed by atoms with E-state index in [2.05, 4.69) is 26.0 Å². The minimum absolute atomic E-state index is 0.0196. The molecule has 1 aliphatic heterocycles. The second kappa shape index (κ2) is 6.38. The molecule has 0 bridgehead atoms. The smallest absolute Gasteiger partial charge is 0.277 e. The van der Waals surface area contributed by atoms with E-state index in [0.29, 0.717) is 10.6 Å². The van der Waals surface area contributed by atoms with Crippen molar-refractivity contribution in [1.29, 1.82) is 0 Å². The van der Waals surface area contributed by atoms with Crippen molar-refractivity contribution in [3.63, 3.8) is 0 Å². The highest BCUT2D eigenvalue weighted by molar-refractivity contribution is 7.98. The van der Waals surface area contributed by atoms with E-state index in [0.717, 1.165) is 0 Å². The molecule has 0 fully saturated rings. The molecule has 4 rings (SSSR count). The average molecular weight is 420 g/mol. The van der Waals surface area contributed by atoms with Crippen LogP contribution in [0.15, 0.2) is 39.2 Å². The molecule has 8 nitrogen and oxygen atoms in total. The summed E-state index contributed by atoms with van der Waals surface area (Å²) in [5.74, 6) is 3.81. The first-order chi connectivity index (χ1) is 13.2. The molecule has 0 radical (unpaired) electrons. The molecular formula is C17H17FN6O2S2. The molecule has 146 valence electrons. The number of aliphatic imine (C=N–C) groups is 1. The van der Waals surface area contributed by atoms with E-state index in [-0.39, 0.29) is 29.1 Å². The number of halogens is 1. The maximum Gasteiger partial charge on any atom is 0.277 e. The Kier molecular flexibility index (Phi) is 4.23. The van der Waals surface area contributed by atoms with E-state index >= 15 is 0 Å². The molecule has 3 heterocycles. The van der Waals surface area contributed by atoms with Crippen LogP contribution < -0.4 is 5.73 Å². The first-order valence-corrected chi connectivity index (χ1v) is 10.9. The van der Waals surface area contributed by atoms with Crippen molar-refractivity contribution >= 4 is 32.9 Å². The van der Waals surface area contributed by atoms with Crippen LogP contribution in [0.2, 0.25) is 0 Å². The molecule has 2 aromatic heterocycles. The van der Waals surface area contributed by atoms with Gasteiger partial charge in [-0.15, -0.1) is 21.5 Å². The number of aromatic nitrogens is 3. The number of thiazole rings is 1. The van der Waals surface area contributed by atoms with Crippen LogP contribution in [0.25, 0.3) is 22.4 Å². The first-order valence-electron chi connectivity index (χ1n) is 8.17. The zero-order valence-corrected chi connectivity index (χ0v) is 16.8. The third kappa shape index (κ3) is 3.06. The Balaban J connectivity index is 1.78. The van der Waals surface area contributed by atoms with E-state index in [1.54, 1.807) is 31.6 Å². The van der Waals surface area contributed by atoms with Crippen LogP contribution in [0.1, 0.15) is 12.5 Å². The Hall–Kier alpha value is -2.79. The molecule has 11 heteroatoms. The molecular weight excluding hydrogens is 403 g/mol. The average Bonchev–Trinajstić information content (AvgIpc) is 3.31. The molecule has 3 aromatic rings. The molecule has 1 unspecified atom stereocenters. The van der Waals surface area contributed by atoms with Crippen LogP contribution in [-0.4, -0.2) is 48.3 Å². The van der Waals surface area contributed by atoms with Gasteiger partial charge in [0.05, 0.1) is 15.5 Å². The third-order valence-electron chi connectivity index (χ3n) is 4.52. The van der Waals surface area contributed by atoms with Gasteiger partial charge in [0.25, 0.3) is 5.89 Å². The summed E-state index contributed by atoms with van der Waals surface area (Å²) in [6.45, 7) is 1.68. The van der Waals surface area contributed by atoms with Crippen molar-refractivity contribution in [2.45, 2.75) is 12.5 Å². The van der Waals surface area contributed by atoms with Gasteiger partial charge in [-0.2, -0.15) is 0 Å². The lowest BCUT2D eigenvalue weighted by atomic mass is 9.92. The summed E-state index contributed by atoms with van der Waals surface area (Å²) in [6, 6.07) is 4.38. The van der Waals surface area contributed by atoms with Gasteiger partial charge in [-0.05, 0) is 31.0 Å². The minimum Gasteiger partial charge on any atom is -0.414 e. The van der Waals surface area contributed by atoms with Crippen molar-refractivity contribution in [1.82, 2.24) is 19.5 Å². The zero-order chi connectivity index (χ0) is 20.1. The van der Waals surface area contributed by atoms with E-state index in [1.807, 2.05) is 0 Å². The highest BCUT2D eigenvalue weighted by Crippen LogP contribution is 2.36. The molecule has 0 spiro atoms. The van der Waals surface area contributed by atoms with Crippen molar-refractivity contribution < 1.29 is 13.0 Å². The summed E-state index contributed by atoms with van der Waals surface area (Å²) < 4.78 is 34.5. The summed E-state index contributed by atoms with van der Waals surface area (Å²) in [5.41, 5.74) is 5.50. The van der Waals surface area contributed by atoms with Crippen molar-refractivity contribution in [2.75, 3.05) is 12.8 Å². The first kappa shape index (κ1) is 18.6. The van der Waals surface area contributed by atoms with Gasteiger partial charge in [-0.25, -0.2) is 18.6 Å². The minimum atomic E-state index is -2.73. The predicted octanol–water partition coefficient (Wildman–Crippen LogP) is 2.11. The van der Waals surface area contributed by atoms with Gasteiger partial charge in [0.2, 0.25) is 11.9 Å². The Morgan fingerprint density at radius 2 is 2.14 bits per heavy atom. The van der Waals surface area contributed by atoms with Crippen LogP contribution >= 0.6 is 11.3 Å². The van der Waals surface area contributed by atoms with Gasteiger partial charge in [0, 0.05) is 29.8 Å². The molecule has 0 saturated heterocycles. The lowest BCUT2D eigenvalue weighted by Gasteiger charge is -2.37. The van der Waals surface area contributed by atoms with Gasteiger partial charge in [0.1, 0.15) is 11.4 Å². The van der Waals surface area contributed by atoms with Crippen LogP contribution in [0.5, 0.6) is 0 Å². The molecule has 0 aliphatic carbocycles. The van der Waals surface area contributed by atoms with Gasteiger partial charge in [-0.1, -0.05) is 0 Å². The number of benzene rings is 1. The standard InChI is InChI=1S/C17H17FN6O2S2/c1-17(9-28(3,25)24(2)16(19)21-17)11-8-10(4-5-12(11)18)13-22-23-14(26-13)15-20-6-7-27-15/h4-8H,3,9H2,1-2H3,(H2,19,21)/t17-,28?/m0/s1. The summed E-state index contributed by atoms with van der Waals surface area (Å²) in [4.78, 5) is 8.52. The van der Waals surface area contributed by atoms with E-state index in [4.69, 9.17) is 10.2 Å². The fourth-order valence-electron chi connectivity index (χ4n) is 3.03. The Bertz CT molecular complexity index is 1170. The number of nitrogens with zero attached hydrogens (tertiary/aromatic N) is 5. The van der Waals surface area contributed by atoms with Gasteiger partial charge >= 0.3 is 0 Å². The van der Waals surface area contributed by atoms with Crippen LogP contribution in [0.3, 0.4) is 0 Å². The summed E-state index contributed by atoms with van der Waals surface area (Å²) in [5, 5.41) is 10.4. The highest BCUT2D eigenvalue weighted by Gasteiger charge is 2.39. The molecule has 2 atom stereocenters. The van der Waals surface area contributed by atoms with Crippen molar-refractivity contribution in [3.05, 3.63) is 41.2 Å². The van der Waals surface area contributed by atoms with E-state index in [9.17, 15) is 8.60 Å². The fraction of sp³-hybridized carbons (Fsp3) is 0.235. The Morgan fingerprint density at radius 1 is 1.39 bits per heavy atom. The summed E-state index contributed by atoms with van der Waals surface area (Å²) in [6.07, 6.45) is 1.64. The molecule has 1 aliphatic rings. The maximum absolute atomic E-state index is 14.7. The van der Waals surface area contributed by atoms with Gasteiger partial charge in [0.15, 0.2) is 5.01 Å². The second-order valence-electron chi connectivity index (χ2n) is 6.60. The van der Waals surface area contributed by atoms with Crippen LogP contribution in [-0.2, 0) is 15.2 Å². The van der Waals surface area contributed by atoms with E-state index in [1.165, 1.54) is 27.8 Å². The monoisotopic (exact) mass is 420 g/mol. The van der Waals surface area contributed by atoms with Crippen LogP contribution in [0, 0.1) is 5.82 Å². The molecule has 0 saturated carbocycles. The maximum atomic E-state index is 14.7. The Labute approximate surface area is 165 Å². The number of nitrogens with two attached hydrogens (primary N) is 1. The number of guanidine groups is 1. The summed E-state index contributed by atoms with van der Waals surface area (Å²) >= 11 is 1.37. The summed E-state index contributed by atoms with van der Waals surface area (Å²) in [7, 11) is -1.18. The molecule has 0 amide bonds. The highest BCUT2D eigenvalue weighted by atomic mass is 32.2. The zero-order valence-electron chi connectivity index (χ0n) is 15.1. The largest absolute Gasteiger partial charge is 0.414 e. The number of rotatable bonds is 3. The third-order valence-corrected chi connectivity index (χ3v) is 7.48. The van der Waals surface area contributed by atoms with Crippen LogP contribution in [0.4, 0.5) is 4.39 Å². The molecule has 2 N–H and O–H groups in total.